The van der Waals surface area contributed by atoms with Crippen LogP contribution in [0.2, 0.25) is 0 Å². The maximum Gasteiger partial charge on any atom is 0.410 e. The van der Waals surface area contributed by atoms with Crippen LogP contribution in [0.1, 0.15) is 52.9 Å². The maximum atomic E-state index is 12.7. The highest BCUT2D eigenvalue weighted by Crippen LogP contribution is 2.28. The number of rotatable bonds is 6. The molecule has 1 aromatic heterocycles. The van der Waals surface area contributed by atoms with E-state index in [2.05, 4.69) is 28.2 Å². The van der Waals surface area contributed by atoms with Gasteiger partial charge < -0.3 is 14.5 Å². The molecule has 0 saturated heterocycles. The zero-order chi connectivity index (χ0) is 21.9. The number of hydrogen-bond donors (Lipinski definition) is 1. The zero-order valence-electron chi connectivity index (χ0n) is 18.7. The number of methoxy groups -OCH3 is 1. The molecule has 6 nitrogen and oxygen atoms in total. The molecule has 0 aliphatic rings. The van der Waals surface area contributed by atoms with E-state index in [-0.39, 0.29) is 12.1 Å². The van der Waals surface area contributed by atoms with Gasteiger partial charge in [0.15, 0.2) is 0 Å². The van der Waals surface area contributed by atoms with E-state index in [9.17, 15) is 4.79 Å². The Labute approximate surface area is 178 Å². The van der Waals surface area contributed by atoms with Gasteiger partial charge in [-0.25, -0.2) is 9.78 Å². The van der Waals surface area contributed by atoms with Crippen molar-refractivity contribution in [3.63, 3.8) is 0 Å². The van der Waals surface area contributed by atoms with Gasteiger partial charge in [-0.15, -0.1) is 0 Å². The lowest BCUT2D eigenvalue weighted by molar-refractivity contribution is 0.0166. The second-order valence-corrected chi connectivity index (χ2v) is 8.46. The zero-order valence-corrected chi connectivity index (χ0v) is 18.7. The molecule has 3 aromatic rings. The number of nitrogens with zero attached hydrogens (tertiary/aromatic N) is 2. The van der Waals surface area contributed by atoms with Crippen LogP contribution in [0.5, 0.6) is 5.75 Å². The second kappa shape index (κ2) is 8.78. The molecule has 0 unspecified atom stereocenters. The molecule has 0 radical (unpaired) electrons. The molecule has 0 bridgehead atoms. The van der Waals surface area contributed by atoms with E-state index in [0.717, 1.165) is 40.0 Å². The average Bonchev–Trinajstić information content (AvgIpc) is 3.19. The fraction of sp³-hybridized carbons (Fsp3) is 0.417. The number of ether oxygens (including phenoxy) is 2. The smallest absolute Gasteiger partial charge is 0.410 e. The first kappa shape index (κ1) is 21.7. The van der Waals surface area contributed by atoms with Gasteiger partial charge in [-0.1, -0.05) is 25.1 Å². The van der Waals surface area contributed by atoms with Crippen LogP contribution >= 0.6 is 0 Å². The lowest BCUT2D eigenvalue weighted by Gasteiger charge is -2.30. The average molecular weight is 410 g/mol. The number of H-pyrrole nitrogens is 1. The molecule has 2 aromatic carbocycles. The van der Waals surface area contributed by atoms with Crippen molar-refractivity contribution < 1.29 is 14.3 Å². The summed E-state index contributed by atoms with van der Waals surface area (Å²) < 4.78 is 10.9. The minimum Gasteiger partial charge on any atom is -0.497 e. The van der Waals surface area contributed by atoms with Gasteiger partial charge in [0, 0.05) is 12.1 Å². The molecule has 160 valence electrons. The Bertz CT molecular complexity index is 1020. The van der Waals surface area contributed by atoms with E-state index < -0.39 is 5.60 Å². The normalized spacial score (nSPS) is 12.6. The Hall–Kier alpha value is -3.02. The van der Waals surface area contributed by atoms with Crippen molar-refractivity contribution in [2.24, 2.45) is 0 Å². The summed E-state index contributed by atoms with van der Waals surface area (Å²) in [4.78, 5) is 22.4. The number of fused-ring (bicyclic) bond motifs is 1. The lowest BCUT2D eigenvalue weighted by Crippen LogP contribution is -2.39. The molecule has 6 heteroatoms. The number of aromatic amines is 1. The predicted molar refractivity (Wildman–Crippen MR) is 120 cm³/mol. The third-order valence-corrected chi connectivity index (χ3v) is 4.91. The molecule has 30 heavy (non-hydrogen) atoms. The highest BCUT2D eigenvalue weighted by Gasteiger charge is 2.27. The van der Waals surface area contributed by atoms with Gasteiger partial charge in [0.2, 0.25) is 0 Å². The van der Waals surface area contributed by atoms with Crippen LogP contribution in [0.4, 0.5) is 4.79 Å². The van der Waals surface area contributed by atoms with E-state index >= 15 is 0 Å². The van der Waals surface area contributed by atoms with Crippen LogP contribution in [0.25, 0.3) is 22.0 Å². The molecular formula is C24H31N3O3. The van der Waals surface area contributed by atoms with E-state index in [4.69, 9.17) is 9.47 Å². The van der Waals surface area contributed by atoms with Crippen LogP contribution in [0, 0.1) is 0 Å². The molecule has 0 aliphatic heterocycles. The number of aromatic nitrogens is 2. The highest BCUT2D eigenvalue weighted by molar-refractivity contribution is 5.87. The first-order valence-electron chi connectivity index (χ1n) is 10.3. The van der Waals surface area contributed by atoms with Crippen LogP contribution in [0.3, 0.4) is 0 Å². The van der Waals surface area contributed by atoms with Crippen LogP contribution < -0.4 is 4.74 Å². The molecular weight excluding hydrogens is 378 g/mol. The van der Waals surface area contributed by atoms with Crippen LogP contribution in [-0.2, 0) is 4.74 Å². The molecule has 0 saturated carbocycles. The third-order valence-electron chi connectivity index (χ3n) is 4.91. The molecule has 0 fully saturated rings. The Morgan fingerprint density at radius 1 is 1.17 bits per heavy atom. The summed E-state index contributed by atoms with van der Waals surface area (Å²) in [6.07, 6.45) is 2.33. The fourth-order valence-electron chi connectivity index (χ4n) is 3.37. The minimum atomic E-state index is -0.537. The number of carbonyl (C=O) groups is 1. The van der Waals surface area contributed by atoms with E-state index in [0.29, 0.717) is 6.54 Å². The summed E-state index contributed by atoms with van der Waals surface area (Å²) in [6, 6.07) is 12.0. The van der Waals surface area contributed by atoms with Crippen molar-refractivity contribution in [2.75, 3.05) is 13.7 Å². The molecule has 1 N–H and O–H groups in total. The SMILES string of the molecule is CCCN(C(=O)OC(C)(C)C)[C@@H](C)c1ncc(-c2ccc3cc(OC)ccc3c2)[nH]1. The van der Waals surface area contributed by atoms with Gasteiger partial charge in [-0.3, -0.25) is 4.90 Å². The van der Waals surface area contributed by atoms with Crippen molar-refractivity contribution in [1.82, 2.24) is 14.9 Å². The standard InChI is InChI=1S/C24H31N3O3/c1-7-12-27(23(28)30-24(3,4)5)16(2)22-25-15-21(26-22)19-9-8-18-14-20(29-6)11-10-17(18)13-19/h8-11,13-16H,7,12H2,1-6H3,(H,25,26)/t16-/m0/s1. The van der Waals surface area contributed by atoms with E-state index in [1.807, 2.05) is 59.0 Å². The largest absolute Gasteiger partial charge is 0.497 e. The summed E-state index contributed by atoms with van der Waals surface area (Å²) >= 11 is 0. The minimum absolute atomic E-state index is 0.224. The maximum absolute atomic E-state index is 12.7. The number of benzene rings is 2. The van der Waals surface area contributed by atoms with Crippen molar-refractivity contribution in [3.8, 4) is 17.0 Å². The summed E-state index contributed by atoms with van der Waals surface area (Å²) in [7, 11) is 1.67. The van der Waals surface area contributed by atoms with Crippen molar-refractivity contribution in [1.29, 1.82) is 0 Å². The van der Waals surface area contributed by atoms with Crippen LogP contribution in [0.15, 0.2) is 42.6 Å². The fourth-order valence-corrected chi connectivity index (χ4v) is 3.37. The Balaban J connectivity index is 1.85. The second-order valence-electron chi connectivity index (χ2n) is 8.46. The van der Waals surface area contributed by atoms with Crippen molar-refractivity contribution in [3.05, 3.63) is 48.4 Å². The topological polar surface area (TPSA) is 67.5 Å². The molecule has 1 heterocycles. The lowest BCUT2D eigenvalue weighted by atomic mass is 10.1. The van der Waals surface area contributed by atoms with Gasteiger partial charge in [-0.2, -0.15) is 0 Å². The molecule has 1 atom stereocenters. The molecule has 0 aliphatic carbocycles. The van der Waals surface area contributed by atoms with Crippen molar-refractivity contribution in [2.45, 2.75) is 52.7 Å². The summed E-state index contributed by atoms with van der Waals surface area (Å²) in [5.74, 6) is 1.57. The molecule has 3 rings (SSSR count). The van der Waals surface area contributed by atoms with Gasteiger partial charge in [0.1, 0.15) is 17.2 Å². The predicted octanol–water partition coefficient (Wildman–Crippen LogP) is 5.95. The van der Waals surface area contributed by atoms with Crippen LogP contribution in [-0.4, -0.2) is 40.2 Å². The summed E-state index contributed by atoms with van der Waals surface area (Å²) in [5.41, 5.74) is 1.42. The highest BCUT2D eigenvalue weighted by atomic mass is 16.6. The number of nitrogens with one attached hydrogen (secondary N) is 1. The van der Waals surface area contributed by atoms with Gasteiger partial charge in [0.05, 0.1) is 25.0 Å². The summed E-state index contributed by atoms with van der Waals surface area (Å²) in [6.45, 7) is 10.2. The number of hydrogen-bond acceptors (Lipinski definition) is 4. The van der Waals surface area contributed by atoms with E-state index in [1.54, 1.807) is 12.0 Å². The molecule has 1 amide bonds. The first-order valence-corrected chi connectivity index (χ1v) is 10.3. The summed E-state index contributed by atoms with van der Waals surface area (Å²) in [5, 5.41) is 2.24. The molecule has 0 spiro atoms. The van der Waals surface area contributed by atoms with Gasteiger partial charge in [0.25, 0.3) is 0 Å². The Morgan fingerprint density at radius 3 is 2.53 bits per heavy atom. The monoisotopic (exact) mass is 409 g/mol. The van der Waals surface area contributed by atoms with Gasteiger partial charge in [-0.05, 0) is 63.1 Å². The quantitative estimate of drug-likeness (QED) is 0.546. The first-order chi connectivity index (χ1) is 14.2. The Morgan fingerprint density at radius 2 is 1.87 bits per heavy atom. The number of imidazole rings is 1. The third kappa shape index (κ3) is 4.93. The Kier molecular flexibility index (Phi) is 6.34. The van der Waals surface area contributed by atoms with Gasteiger partial charge >= 0.3 is 6.09 Å². The number of carbonyl (C=O) groups excluding carboxylic acids is 1. The van der Waals surface area contributed by atoms with Crippen molar-refractivity contribution >= 4 is 16.9 Å². The number of amides is 1. The van der Waals surface area contributed by atoms with E-state index in [1.165, 1.54) is 0 Å².